The first-order valence-electron chi connectivity index (χ1n) is 6.58. The Morgan fingerprint density at radius 2 is 2.16 bits per heavy atom. The Labute approximate surface area is 123 Å². The lowest BCUT2D eigenvalue weighted by atomic mass is 10.1. The van der Waals surface area contributed by atoms with Crippen LogP contribution in [0.3, 0.4) is 0 Å². The van der Waals surface area contributed by atoms with E-state index in [1.165, 1.54) is 16.5 Å². The molecule has 19 heavy (non-hydrogen) atoms. The zero-order valence-corrected chi connectivity index (χ0v) is 12.5. The molecule has 4 heteroatoms. The van der Waals surface area contributed by atoms with Crippen molar-refractivity contribution in [3.8, 4) is 0 Å². The van der Waals surface area contributed by atoms with Crippen molar-refractivity contribution in [2.75, 3.05) is 23.7 Å². The standard InChI is InChI=1S/C15H17ClN2S/c1-11-10-18(6-7-19-11)15-14-5-3-2-4-13(14)12(8-16)9-17-15/h2-5,9,11H,6-8,10H2,1H3. The fourth-order valence-electron chi connectivity index (χ4n) is 2.61. The number of hydrogen-bond acceptors (Lipinski definition) is 3. The number of pyridine rings is 1. The maximum Gasteiger partial charge on any atom is 0.136 e. The number of rotatable bonds is 2. The third kappa shape index (κ3) is 2.54. The molecule has 1 aliphatic heterocycles. The largest absolute Gasteiger partial charge is 0.354 e. The Morgan fingerprint density at radius 1 is 1.37 bits per heavy atom. The minimum Gasteiger partial charge on any atom is -0.354 e. The van der Waals surface area contributed by atoms with Gasteiger partial charge in [-0.1, -0.05) is 31.2 Å². The van der Waals surface area contributed by atoms with Crippen LogP contribution in [0.15, 0.2) is 30.5 Å². The van der Waals surface area contributed by atoms with Gasteiger partial charge in [-0.25, -0.2) is 4.98 Å². The van der Waals surface area contributed by atoms with Crippen molar-refractivity contribution < 1.29 is 0 Å². The quantitative estimate of drug-likeness (QED) is 0.781. The van der Waals surface area contributed by atoms with E-state index < -0.39 is 0 Å². The molecule has 1 fully saturated rings. The molecule has 0 aliphatic carbocycles. The van der Waals surface area contributed by atoms with E-state index in [9.17, 15) is 0 Å². The summed E-state index contributed by atoms with van der Waals surface area (Å²) in [6.45, 7) is 4.43. The van der Waals surface area contributed by atoms with Crippen molar-refractivity contribution in [1.82, 2.24) is 4.98 Å². The second-order valence-corrected chi connectivity index (χ2v) is 6.73. The monoisotopic (exact) mass is 292 g/mol. The van der Waals surface area contributed by atoms with E-state index in [-0.39, 0.29) is 0 Å². The van der Waals surface area contributed by atoms with Gasteiger partial charge in [0.2, 0.25) is 0 Å². The van der Waals surface area contributed by atoms with Gasteiger partial charge < -0.3 is 4.90 Å². The molecule has 0 amide bonds. The Bertz CT molecular complexity index is 587. The lowest BCUT2D eigenvalue weighted by molar-refractivity contribution is 0.773. The van der Waals surface area contributed by atoms with E-state index in [0.717, 1.165) is 24.5 Å². The maximum atomic E-state index is 6.01. The van der Waals surface area contributed by atoms with Crippen LogP contribution < -0.4 is 4.90 Å². The molecule has 1 unspecified atom stereocenters. The Morgan fingerprint density at radius 3 is 2.89 bits per heavy atom. The number of benzene rings is 1. The zero-order valence-electron chi connectivity index (χ0n) is 11.0. The van der Waals surface area contributed by atoms with E-state index in [0.29, 0.717) is 11.1 Å². The highest BCUT2D eigenvalue weighted by atomic mass is 35.5. The van der Waals surface area contributed by atoms with Crippen LogP contribution in [-0.4, -0.2) is 29.1 Å². The Balaban J connectivity index is 2.09. The third-order valence-corrected chi connectivity index (χ3v) is 4.97. The molecule has 1 aromatic heterocycles. The first-order chi connectivity index (χ1) is 9.29. The highest BCUT2D eigenvalue weighted by Gasteiger charge is 2.20. The second kappa shape index (κ2) is 5.59. The number of alkyl halides is 1. The minimum absolute atomic E-state index is 0.514. The van der Waals surface area contributed by atoms with Crippen LogP contribution in [0.2, 0.25) is 0 Å². The number of anilines is 1. The molecule has 1 atom stereocenters. The second-order valence-electron chi connectivity index (χ2n) is 4.91. The summed E-state index contributed by atoms with van der Waals surface area (Å²) < 4.78 is 0. The van der Waals surface area contributed by atoms with Gasteiger partial charge in [-0.3, -0.25) is 0 Å². The Hall–Kier alpha value is -0.930. The lowest BCUT2D eigenvalue weighted by Gasteiger charge is -2.32. The summed E-state index contributed by atoms with van der Waals surface area (Å²) in [6, 6.07) is 8.44. The molecule has 2 nitrogen and oxygen atoms in total. The summed E-state index contributed by atoms with van der Waals surface area (Å²) in [7, 11) is 0. The molecule has 0 bridgehead atoms. The summed E-state index contributed by atoms with van der Waals surface area (Å²) in [6.07, 6.45) is 1.93. The molecule has 100 valence electrons. The van der Waals surface area contributed by atoms with E-state index in [2.05, 4.69) is 41.1 Å². The first kappa shape index (κ1) is 13.1. The summed E-state index contributed by atoms with van der Waals surface area (Å²) in [4.78, 5) is 7.07. The van der Waals surface area contributed by atoms with Crippen molar-refractivity contribution >= 4 is 40.0 Å². The topological polar surface area (TPSA) is 16.1 Å². The molecule has 0 radical (unpaired) electrons. The van der Waals surface area contributed by atoms with Crippen LogP contribution >= 0.6 is 23.4 Å². The number of thioether (sulfide) groups is 1. The van der Waals surface area contributed by atoms with Crippen LogP contribution in [0.25, 0.3) is 10.8 Å². The van der Waals surface area contributed by atoms with Crippen molar-refractivity contribution in [2.24, 2.45) is 0 Å². The van der Waals surface area contributed by atoms with Gasteiger partial charge in [0.15, 0.2) is 0 Å². The molecule has 2 heterocycles. The number of nitrogens with zero attached hydrogens (tertiary/aromatic N) is 2. The average Bonchev–Trinajstić information content (AvgIpc) is 2.46. The highest BCUT2D eigenvalue weighted by Crippen LogP contribution is 2.30. The minimum atomic E-state index is 0.514. The molecular formula is C15H17ClN2S. The summed E-state index contributed by atoms with van der Waals surface area (Å²) in [5, 5.41) is 3.12. The van der Waals surface area contributed by atoms with Crippen LogP contribution in [0.4, 0.5) is 5.82 Å². The number of aromatic nitrogens is 1. The van der Waals surface area contributed by atoms with Crippen molar-refractivity contribution in [3.05, 3.63) is 36.0 Å². The maximum absolute atomic E-state index is 6.01. The van der Waals surface area contributed by atoms with Crippen LogP contribution in [0, 0.1) is 0 Å². The lowest BCUT2D eigenvalue weighted by Crippen LogP contribution is -2.37. The van der Waals surface area contributed by atoms with Crippen molar-refractivity contribution in [3.63, 3.8) is 0 Å². The van der Waals surface area contributed by atoms with E-state index in [1.807, 2.05) is 18.0 Å². The SMILES string of the molecule is CC1CN(c2ncc(CCl)c3ccccc23)CCS1. The molecule has 0 saturated carbocycles. The number of fused-ring (bicyclic) bond motifs is 1. The first-order valence-corrected chi connectivity index (χ1v) is 8.17. The van der Waals surface area contributed by atoms with Crippen LogP contribution in [0.5, 0.6) is 0 Å². The molecular weight excluding hydrogens is 276 g/mol. The molecule has 1 aliphatic rings. The van der Waals surface area contributed by atoms with Crippen molar-refractivity contribution in [1.29, 1.82) is 0 Å². The predicted molar refractivity (Wildman–Crippen MR) is 85.4 cm³/mol. The van der Waals surface area contributed by atoms with Crippen molar-refractivity contribution in [2.45, 2.75) is 18.1 Å². The number of hydrogen-bond donors (Lipinski definition) is 0. The van der Waals surface area contributed by atoms with Gasteiger partial charge in [0.1, 0.15) is 5.82 Å². The normalized spacial score (nSPS) is 19.9. The molecule has 0 N–H and O–H groups in total. The van der Waals surface area contributed by atoms with E-state index in [4.69, 9.17) is 11.6 Å². The Kier molecular flexibility index (Phi) is 3.85. The predicted octanol–water partition coefficient (Wildman–Crippen LogP) is 3.92. The molecule has 1 saturated heterocycles. The molecule has 2 aromatic rings. The molecule has 3 rings (SSSR count). The molecule has 0 spiro atoms. The van der Waals surface area contributed by atoms with E-state index in [1.54, 1.807) is 0 Å². The van der Waals surface area contributed by atoms with Gasteiger partial charge in [-0.05, 0) is 10.9 Å². The van der Waals surface area contributed by atoms with Gasteiger partial charge in [-0.15, -0.1) is 11.6 Å². The number of halogens is 1. The van der Waals surface area contributed by atoms with Gasteiger partial charge in [0.05, 0.1) is 0 Å². The molecule has 1 aromatic carbocycles. The van der Waals surface area contributed by atoms with Gasteiger partial charge in [0, 0.05) is 41.6 Å². The fourth-order valence-corrected chi connectivity index (χ4v) is 3.83. The summed E-state index contributed by atoms with van der Waals surface area (Å²) >= 11 is 8.05. The van der Waals surface area contributed by atoms with Crippen LogP contribution in [-0.2, 0) is 5.88 Å². The summed E-state index contributed by atoms with van der Waals surface area (Å²) in [5.41, 5.74) is 1.11. The smallest absolute Gasteiger partial charge is 0.136 e. The zero-order chi connectivity index (χ0) is 13.2. The average molecular weight is 293 g/mol. The van der Waals surface area contributed by atoms with Crippen LogP contribution in [0.1, 0.15) is 12.5 Å². The third-order valence-electron chi connectivity index (χ3n) is 3.54. The van der Waals surface area contributed by atoms with E-state index >= 15 is 0 Å². The highest BCUT2D eigenvalue weighted by molar-refractivity contribution is 8.00. The van der Waals surface area contributed by atoms with Gasteiger partial charge in [0.25, 0.3) is 0 Å². The fraction of sp³-hybridized carbons (Fsp3) is 0.400. The van der Waals surface area contributed by atoms with Gasteiger partial charge in [-0.2, -0.15) is 11.8 Å². The van der Waals surface area contributed by atoms with Gasteiger partial charge >= 0.3 is 0 Å². The summed E-state index contributed by atoms with van der Waals surface area (Å²) in [5.74, 6) is 2.80.